The molecule has 0 unspecified atom stereocenters. The quantitative estimate of drug-likeness (QED) is 0.793. The van der Waals surface area contributed by atoms with Crippen molar-refractivity contribution in [3.63, 3.8) is 0 Å². The van der Waals surface area contributed by atoms with Crippen LogP contribution in [0.25, 0.3) is 0 Å². The van der Waals surface area contributed by atoms with Crippen molar-refractivity contribution in [2.24, 2.45) is 4.99 Å². The molecular weight excluding hydrogens is 184 g/mol. The molecule has 0 atom stereocenters. The largest absolute Gasteiger partial charge is 0.307 e. The first-order valence-electron chi connectivity index (χ1n) is 5.41. The molecule has 78 valence electrons. The van der Waals surface area contributed by atoms with E-state index in [1.54, 1.807) is 0 Å². The molecule has 1 heterocycles. The van der Waals surface area contributed by atoms with Gasteiger partial charge in [-0.25, -0.2) is 0 Å². The van der Waals surface area contributed by atoms with Crippen molar-refractivity contribution in [1.82, 2.24) is 5.32 Å². The zero-order chi connectivity index (χ0) is 10.3. The highest BCUT2D eigenvalue weighted by Gasteiger charge is 1.98. The fourth-order valence-corrected chi connectivity index (χ4v) is 1.61. The Balaban J connectivity index is 1.75. The first-order chi connectivity index (χ1) is 7.45. The van der Waals surface area contributed by atoms with Gasteiger partial charge >= 0.3 is 0 Å². The van der Waals surface area contributed by atoms with E-state index in [1.807, 2.05) is 12.3 Å². The van der Waals surface area contributed by atoms with Crippen LogP contribution in [0.5, 0.6) is 0 Å². The molecule has 1 N–H and O–H groups in total. The van der Waals surface area contributed by atoms with Gasteiger partial charge in [0.05, 0.1) is 0 Å². The molecule has 2 nitrogen and oxygen atoms in total. The lowest BCUT2D eigenvalue weighted by Gasteiger charge is -2.07. The van der Waals surface area contributed by atoms with Gasteiger partial charge in [0, 0.05) is 25.0 Å². The van der Waals surface area contributed by atoms with Gasteiger partial charge in [-0.1, -0.05) is 36.4 Å². The molecule has 0 fully saturated rings. The normalized spacial score (nSPS) is 15.1. The second kappa shape index (κ2) is 5.47. The summed E-state index contributed by atoms with van der Waals surface area (Å²) in [5.41, 5.74) is 2.48. The Labute approximate surface area is 90.7 Å². The van der Waals surface area contributed by atoms with Crippen LogP contribution in [0.15, 0.2) is 47.1 Å². The minimum absolute atomic E-state index is 0.866. The van der Waals surface area contributed by atoms with E-state index < -0.39 is 0 Å². The van der Waals surface area contributed by atoms with Gasteiger partial charge in [0.15, 0.2) is 0 Å². The second-order valence-corrected chi connectivity index (χ2v) is 3.67. The van der Waals surface area contributed by atoms with Crippen molar-refractivity contribution < 1.29 is 0 Å². The van der Waals surface area contributed by atoms with Crippen LogP contribution in [0.2, 0.25) is 0 Å². The molecule has 0 aromatic heterocycles. The van der Waals surface area contributed by atoms with E-state index in [-0.39, 0.29) is 0 Å². The molecule has 0 radical (unpaired) electrons. The molecule has 1 aliphatic rings. The van der Waals surface area contributed by atoms with E-state index in [1.165, 1.54) is 5.56 Å². The lowest BCUT2D eigenvalue weighted by molar-refractivity contribution is 0.730. The minimum Gasteiger partial charge on any atom is -0.307 e. The molecule has 0 spiro atoms. The van der Waals surface area contributed by atoms with Gasteiger partial charge in [0.1, 0.15) is 0 Å². The lowest BCUT2D eigenvalue weighted by atomic mass is 10.2. The first kappa shape index (κ1) is 10.1. The molecule has 1 aromatic carbocycles. The summed E-state index contributed by atoms with van der Waals surface area (Å²) in [6.07, 6.45) is 6.42. The highest BCUT2D eigenvalue weighted by atomic mass is 14.9. The number of hydrogen-bond donors (Lipinski definition) is 1. The number of nitrogens with one attached hydrogen (secondary N) is 1. The fraction of sp³-hybridized carbons (Fsp3) is 0.308. The number of benzene rings is 1. The Morgan fingerprint density at radius 3 is 2.67 bits per heavy atom. The van der Waals surface area contributed by atoms with Crippen molar-refractivity contribution in [1.29, 1.82) is 0 Å². The lowest BCUT2D eigenvalue weighted by Crippen LogP contribution is -2.16. The first-order valence-corrected chi connectivity index (χ1v) is 5.41. The molecule has 2 heteroatoms. The maximum Gasteiger partial charge on any atom is 0.0498 e. The predicted molar refractivity (Wildman–Crippen MR) is 64.0 cm³/mol. The molecule has 0 saturated heterocycles. The van der Waals surface area contributed by atoms with E-state index in [2.05, 4.69) is 40.7 Å². The number of aliphatic imine (C=N–C) groups is 1. The molecule has 2 rings (SSSR count). The summed E-state index contributed by atoms with van der Waals surface area (Å²) in [4.78, 5) is 4.33. The summed E-state index contributed by atoms with van der Waals surface area (Å²) in [5.74, 6) is 0. The van der Waals surface area contributed by atoms with Gasteiger partial charge in [-0.2, -0.15) is 0 Å². The topological polar surface area (TPSA) is 24.4 Å². The molecular formula is C13H16N2. The Bertz CT molecular complexity index is 352. The van der Waals surface area contributed by atoms with Gasteiger partial charge in [-0.15, -0.1) is 0 Å². The van der Waals surface area contributed by atoms with Crippen molar-refractivity contribution in [3.05, 3.63) is 47.7 Å². The molecule has 1 aliphatic heterocycles. The van der Waals surface area contributed by atoms with Gasteiger partial charge in [0.25, 0.3) is 0 Å². The number of allylic oxidation sites excluding steroid dienone is 1. The van der Waals surface area contributed by atoms with Crippen LogP contribution in [0.3, 0.4) is 0 Å². The fourth-order valence-electron chi connectivity index (χ4n) is 1.61. The third kappa shape index (κ3) is 3.33. The third-order valence-corrected chi connectivity index (χ3v) is 2.41. The molecule has 0 bridgehead atoms. The SMILES string of the molecule is C1=NC(CNCc2ccccc2)=CCC1. The third-order valence-electron chi connectivity index (χ3n) is 2.41. The van der Waals surface area contributed by atoms with Crippen LogP contribution in [0.1, 0.15) is 18.4 Å². The molecule has 1 aromatic rings. The Hall–Kier alpha value is -1.41. The summed E-state index contributed by atoms with van der Waals surface area (Å²) in [6, 6.07) is 10.4. The standard InChI is InChI=1S/C13H16N2/c1-2-6-12(7-3-1)10-14-11-13-8-4-5-9-15-13/h1-3,6-9,14H,4-5,10-11H2. The maximum atomic E-state index is 4.33. The van der Waals surface area contributed by atoms with Crippen molar-refractivity contribution in [2.75, 3.05) is 6.54 Å². The summed E-state index contributed by atoms with van der Waals surface area (Å²) in [5, 5.41) is 3.39. The van der Waals surface area contributed by atoms with Crippen molar-refractivity contribution >= 4 is 6.21 Å². The van der Waals surface area contributed by atoms with Crippen LogP contribution in [0.4, 0.5) is 0 Å². The van der Waals surface area contributed by atoms with Crippen LogP contribution >= 0.6 is 0 Å². The summed E-state index contributed by atoms with van der Waals surface area (Å²) in [6.45, 7) is 1.78. The zero-order valence-corrected chi connectivity index (χ0v) is 8.82. The Kier molecular flexibility index (Phi) is 3.69. The highest BCUT2D eigenvalue weighted by Crippen LogP contribution is 2.05. The maximum absolute atomic E-state index is 4.33. The van der Waals surface area contributed by atoms with Gasteiger partial charge in [0.2, 0.25) is 0 Å². The Morgan fingerprint density at radius 1 is 1.07 bits per heavy atom. The number of nitrogens with zero attached hydrogens (tertiary/aromatic N) is 1. The summed E-state index contributed by atoms with van der Waals surface area (Å²) >= 11 is 0. The summed E-state index contributed by atoms with van der Waals surface area (Å²) < 4.78 is 0. The van der Waals surface area contributed by atoms with Crippen molar-refractivity contribution in [3.8, 4) is 0 Å². The average molecular weight is 200 g/mol. The van der Waals surface area contributed by atoms with E-state index in [0.717, 1.165) is 31.6 Å². The van der Waals surface area contributed by atoms with E-state index in [0.29, 0.717) is 0 Å². The number of rotatable bonds is 4. The Morgan fingerprint density at radius 2 is 1.93 bits per heavy atom. The molecule has 0 aliphatic carbocycles. The van der Waals surface area contributed by atoms with Crippen LogP contribution < -0.4 is 5.32 Å². The van der Waals surface area contributed by atoms with Gasteiger partial charge in [-0.05, 0) is 18.4 Å². The van der Waals surface area contributed by atoms with Crippen LogP contribution in [-0.2, 0) is 6.54 Å². The van der Waals surface area contributed by atoms with E-state index in [9.17, 15) is 0 Å². The van der Waals surface area contributed by atoms with E-state index in [4.69, 9.17) is 0 Å². The van der Waals surface area contributed by atoms with E-state index >= 15 is 0 Å². The summed E-state index contributed by atoms with van der Waals surface area (Å²) in [7, 11) is 0. The smallest absolute Gasteiger partial charge is 0.0498 e. The van der Waals surface area contributed by atoms with Crippen molar-refractivity contribution in [2.45, 2.75) is 19.4 Å². The molecule has 0 saturated carbocycles. The average Bonchev–Trinajstić information content (AvgIpc) is 2.32. The molecule has 15 heavy (non-hydrogen) atoms. The molecule has 0 amide bonds. The van der Waals surface area contributed by atoms with Crippen LogP contribution in [-0.4, -0.2) is 12.8 Å². The zero-order valence-electron chi connectivity index (χ0n) is 8.82. The minimum atomic E-state index is 0.866. The van der Waals surface area contributed by atoms with Crippen LogP contribution in [0, 0.1) is 0 Å². The van der Waals surface area contributed by atoms with Gasteiger partial charge < -0.3 is 5.32 Å². The number of hydrogen-bond acceptors (Lipinski definition) is 2. The highest BCUT2D eigenvalue weighted by molar-refractivity contribution is 5.60. The monoisotopic (exact) mass is 200 g/mol. The second-order valence-electron chi connectivity index (χ2n) is 3.67. The predicted octanol–water partition coefficient (Wildman–Crippen LogP) is 2.52. The van der Waals surface area contributed by atoms with Gasteiger partial charge in [-0.3, -0.25) is 4.99 Å².